The predicted octanol–water partition coefficient (Wildman–Crippen LogP) is 0.241. The quantitative estimate of drug-likeness (QED) is 0.776. The molecule has 0 radical (unpaired) electrons. The Morgan fingerprint density at radius 3 is 3.27 bits per heavy atom. The van der Waals surface area contributed by atoms with Crippen molar-refractivity contribution in [3.05, 3.63) is 11.9 Å². The predicted molar refractivity (Wildman–Crippen MR) is 59.5 cm³/mol. The van der Waals surface area contributed by atoms with Crippen LogP contribution in [0.5, 0.6) is 0 Å². The van der Waals surface area contributed by atoms with Crippen LogP contribution in [0.15, 0.2) is 6.20 Å². The van der Waals surface area contributed by atoms with Crippen LogP contribution in [0.1, 0.15) is 18.0 Å². The first-order valence-corrected chi connectivity index (χ1v) is 6.20. The first kappa shape index (κ1) is 10.9. The second kappa shape index (κ2) is 4.96. The summed E-state index contributed by atoms with van der Waals surface area (Å²) in [4.78, 5) is 0. The maximum absolute atomic E-state index is 8.76. The van der Waals surface area contributed by atoms with Gasteiger partial charge in [0.05, 0.1) is 24.7 Å². The molecule has 2 rings (SSSR count). The first-order valence-electron chi connectivity index (χ1n) is 5.15. The summed E-state index contributed by atoms with van der Waals surface area (Å²) in [7, 11) is 0. The summed E-state index contributed by atoms with van der Waals surface area (Å²) >= 11 is 1.87. The van der Waals surface area contributed by atoms with Gasteiger partial charge in [0.2, 0.25) is 0 Å². The Hall–Kier alpha value is -0.590. The molecule has 1 aliphatic rings. The Labute approximate surface area is 93.2 Å². The molecular formula is C9H16N4OS. The Morgan fingerprint density at radius 2 is 2.60 bits per heavy atom. The van der Waals surface area contributed by atoms with Gasteiger partial charge in [0, 0.05) is 0 Å². The number of aromatic nitrogens is 3. The van der Waals surface area contributed by atoms with Crippen LogP contribution in [-0.4, -0.2) is 39.0 Å². The number of nitrogens with zero attached hydrogens (tertiary/aromatic N) is 3. The molecule has 0 amide bonds. The molecule has 15 heavy (non-hydrogen) atoms. The Bertz CT molecular complexity index is 309. The summed E-state index contributed by atoms with van der Waals surface area (Å²) in [5, 5.41) is 20.5. The highest BCUT2D eigenvalue weighted by atomic mass is 32.2. The van der Waals surface area contributed by atoms with E-state index in [4.69, 9.17) is 5.11 Å². The minimum absolute atomic E-state index is 0.102. The highest BCUT2D eigenvalue weighted by Gasteiger charge is 2.21. The largest absolute Gasteiger partial charge is 0.394 e. The van der Waals surface area contributed by atoms with Gasteiger partial charge in [-0.2, -0.15) is 0 Å². The van der Waals surface area contributed by atoms with Crippen LogP contribution in [0.2, 0.25) is 0 Å². The average Bonchev–Trinajstić information content (AvgIpc) is 2.68. The van der Waals surface area contributed by atoms with Gasteiger partial charge < -0.3 is 5.11 Å². The zero-order valence-electron chi connectivity index (χ0n) is 8.76. The lowest BCUT2D eigenvalue weighted by atomic mass is 10.2. The van der Waals surface area contributed by atoms with Crippen molar-refractivity contribution in [3.63, 3.8) is 0 Å². The Morgan fingerprint density at radius 1 is 1.73 bits per heavy atom. The normalized spacial score (nSPS) is 26.8. The Balaban J connectivity index is 1.96. The van der Waals surface area contributed by atoms with Crippen molar-refractivity contribution in [3.8, 4) is 0 Å². The molecule has 0 aromatic carbocycles. The van der Waals surface area contributed by atoms with E-state index < -0.39 is 0 Å². The zero-order valence-corrected chi connectivity index (χ0v) is 9.57. The lowest BCUT2D eigenvalue weighted by Crippen LogP contribution is -2.31. The van der Waals surface area contributed by atoms with Crippen LogP contribution in [0.4, 0.5) is 0 Å². The molecule has 0 aliphatic carbocycles. The number of aliphatic hydroxyl groups excluding tert-OH is 1. The van der Waals surface area contributed by atoms with E-state index in [2.05, 4.69) is 22.6 Å². The zero-order chi connectivity index (χ0) is 10.7. The molecule has 6 heteroatoms. The molecule has 1 fully saturated rings. The van der Waals surface area contributed by atoms with E-state index in [1.165, 1.54) is 0 Å². The van der Waals surface area contributed by atoms with Gasteiger partial charge in [-0.05, 0) is 18.2 Å². The minimum atomic E-state index is 0.102. The van der Waals surface area contributed by atoms with Crippen molar-refractivity contribution >= 4 is 11.8 Å². The van der Waals surface area contributed by atoms with Crippen LogP contribution >= 0.6 is 11.8 Å². The summed E-state index contributed by atoms with van der Waals surface area (Å²) in [6.45, 7) is 3.88. The molecule has 0 bridgehead atoms. The topological polar surface area (TPSA) is 63.0 Å². The highest BCUT2D eigenvalue weighted by Crippen LogP contribution is 2.29. The van der Waals surface area contributed by atoms with E-state index in [0.717, 1.165) is 23.9 Å². The van der Waals surface area contributed by atoms with Crippen LogP contribution < -0.4 is 5.32 Å². The van der Waals surface area contributed by atoms with Crippen LogP contribution in [0.3, 0.4) is 0 Å². The molecule has 5 nitrogen and oxygen atoms in total. The number of hydrogen-bond donors (Lipinski definition) is 2. The number of nitrogens with one attached hydrogen (secondary N) is 1. The highest BCUT2D eigenvalue weighted by molar-refractivity contribution is 7.99. The maximum Gasteiger partial charge on any atom is 0.110 e. The fourth-order valence-corrected chi connectivity index (χ4v) is 2.65. The lowest BCUT2D eigenvalue weighted by Gasteiger charge is -2.25. The summed E-state index contributed by atoms with van der Waals surface area (Å²) in [5.74, 6) is 1.88. The van der Waals surface area contributed by atoms with Crippen molar-refractivity contribution in [2.45, 2.75) is 18.8 Å². The van der Waals surface area contributed by atoms with Gasteiger partial charge in [-0.1, -0.05) is 12.1 Å². The second-order valence-corrected chi connectivity index (χ2v) is 4.99. The van der Waals surface area contributed by atoms with E-state index in [1.807, 2.05) is 18.0 Å². The second-order valence-electron chi connectivity index (χ2n) is 3.86. The monoisotopic (exact) mass is 228 g/mol. The van der Waals surface area contributed by atoms with Crippen LogP contribution in [0.25, 0.3) is 0 Å². The molecule has 1 aromatic rings. The maximum atomic E-state index is 8.76. The SMILES string of the molecule is CC1CNC(c2cn(CCO)nn2)SC1. The summed E-state index contributed by atoms with van der Waals surface area (Å²) < 4.78 is 1.68. The van der Waals surface area contributed by atoms with Crippen molar-refractivity contribution in [2.75, 3.05) is 18.9 Å². The average molecular weight is 228 g/mol. The summed E-state index contributed by atoms with van der Waals surface area (Å²) in [5.41, 5.74) is 0.959. The molecule has 0 saturated carbocycles. The van der Waals surface area contributed by atoms with E-state index in [1.54, 1.807) is 4.68 Å². The van der Waals surface area contributed by atoms with Crippen molar-refractivity contribution in [2.24, 2.45) is 5.92 Å². The summed E-state index contributed by atoms with van der Waals surface area (Å²) in [6.07, 6.45) is 1.90. The van der Waals surface area contributed by atoms with E-state index in [-0.39, 0.29) is 12.0 Å². The van der Waals surface area contributed by atoms with Gasteiger partial charge in [-0.25, -0.2) is 4.68 Å². The molecule has 2 atom stereocenters. The van der Waals surface area contributed by atoms with Gasteiger partial charge in [0.25, 0.3) is 0 Å². The number of thioether (sulfide) groups is 1. The first-order chi connectivity index (χ1) is 7.29. The van der Waals surface area contributed by atoms with Gasteiger partial charge in [-0.15, -0.1) is 16.9 Å². The van der Waals surface area contributed by atoms with Crippen LogP contribution in [0, 0.1) is 5.92 Å². The Kier molecular flexibility index (Phi) is 3.61. The molecular weight excluding hydrogens is 212 g/mol. The standard InChI is InChI=1S/C9H16N4OS/c1-7-4-10-9(15-6-7)8-5-13(2-3-14)12-11-8/h5,7,9-10,14H,2-4,6H2,1H3. The third kappa shape index (κ3) is 2.70. The number of hydrogen-bond acceptors (Lipinski definition) is 5. The molecule has 0 spiro atoms. The third-order valence-electron chi connectivity index (χ3n) is 2.35. The van der Waals surface area contributed by atoms with Gasteiger partial charge >= 0.3 is 0 Å². The molecule has 1 saturated heterocycles. The molecule has 2 N–H and O–H groups in total. The fraction of sp³-hybridized carbons (Fsp3) is 0.778. The van der Waals surface area contributed by atoms with E-state index in [0.29, 0.717) is 6.54 Å². The van der Waals surface area contributed by atoms with Gasteiger partial charge in [0.1, 0.15) is 5.69 Å². The van der Waals surface area contributed by atoms with Gasteiger partial charge in [-0.3, -0.25) is 5.32 Å². The minimum Gasteiger partial charge on any atom is -0.394 e. The number of rotatable bonds is 3. The molecule has 2 heterocycles. The number of aliphatic hydroxyl groups is 1. The molecule has 84 valence electrons. The van der Waals surface area contributed by atoms with Crippen molar-refractivity contribution < 1.29 is 5.11 Å². The smallest absolute Gasteiger partial charge is 0.110 e. The van der Waals surface area contributed by atoms with Gasteiger partial charge in [0.15, 0.2) is 0 Å². The lowest BCUT2D eigenvalue weighted by molar-refractivity contribution is 0.268. The molecule has 2 unspecified atom stereocenters. The van der Waals surface area contributed by atoms with E-state index >= 15 is 0 Å². The summed E-state index contributed by atoms with van der Waals surface area (Å²) in [6, 6.07) is 0. The molecule has 1 aromatic heterocycles. The van der Waals surface area contributed by atoms with Crippen LogP contribution in [-0.2, 0) is 6.54 Å². The van der Waals surface area contributed by atoms with E-state index in [9.17, 15) is 0 Å². The molecule has 1 aliphatic heterocycles. The fourth-order valence-electron chi connectivity index (χ4n) is 1.52. The third-order valence-corrected chi connectivity index (χ3v) is 3.86. The van der Waals surface area contributed by atoms with Crippen molar-refractivity contribution in [1.82, 2.24) is 20.3 Å². The van der Waals surface area contributed by atoms with Crippen molar-refractivity contribution in [1.29, 1.82) is 0 Å².